The van der Waals surface area contributed by atoms with Crippen LogP contribution in [0.4, 0.5) is 4.39 Å². The number of hydrogen-bond acceptors (Lipinski definition) is 8. The van der Waals surface area contributed by atoms with Crippen LogP contribution in [0.2, 0.25) is 0 Å². The number of benzene rings is 1. The fraction of sp³-hybridized carbons (Fsp3) is 0.417. The highest BCUT2D eigenvalue weighted by atomic mass is 35.5. The summed E-state index contributed by atoms with van der Waals surface area (Å²) >= 11 is 1.36. The van der Waals surface area contributed by atoms with Gasteiger partial charge in [-0.15, -0.1) is 23.7 Å². The molecule has 0 spiro atoms. The van der Waals surface area contributed by atoms with Gasteiger partial charge in [0, 0.05) is 55.5 Å². The van der Waals surface area contributed by atoms with E-state index in [0.29, 0.717) is 22.5 Å². The molecule has 3 aromatic rings. The lowest BCUT2D eigenvalue weighted by Crippen LogP contribution is -2.65. The van der Waals surface area contributed by atoms with Gasteiger partial charge < -0.3 is 24.8 Å². The van der Waals surface area contributed by atoms with Crippen molar-refractivity contribution in [1.82, 2.24) is 35.5 Å². The fourth-order valence-corrected chi connectivity index (χ4v) is 5.62. The molecule has 3 N–H and O–H groups in total. The maximum atomic E-state index is 13.6. The molecular formula is C24H29ClFN7O4S. The van der Waals surface area contributed by atoms with Gasteiger partial charge in [0.25, 0.3) is 11.8 Å². The first-order chi connectivity index (χ1) is 17.8. The Morgan fingerprint density at radius 1 is 1.21 bits per heavy atom. The molecule has 0 bridgehead atoms. The number of carbonyl (C=O) groups excluding carboxylic acids is 3. The Kier molecular flexibility index (Phi) is 8.63. The average molecular weight is 566 g/mol. The minimum atomic E-state index is -0.698. The topological polar surface area (TPSA) is 123 Å². The number of nitrogens with one attached hydrogen (secondary N) is 3. The standard InChI is InChI=1S/C24H28FN7O4S.ClH/c1-30-6-5-17-19(11-30)37-24(27-17)23(35)28-20-12-31(21(33)13-36-2)7-8-32(20)29-22(34)18-10-14-9-15(25)3-4-16(14)26-18;/h3-4,9-10,20,26H,5-8,11-13H2,1-2H3,(H,28,35)(H,29,34);1H. The van der Waals surface area contributed by atoms with Crippen LogP contribution in [-0.4, -0.2) is 95.6 Å². The molecule has 2 aromatic heterocycles. The van der Waals surface area contributed by atoms with E-state index in [1.165, 1.54) is 30.6 Å². The molecule has 5 rings (SSSR count). The molecule has 0 radical (unpaired) electrons. The number of thiazole rings is 1. The smallest absolute Gasteiger partial charge is 0.282 e. The van der Waals surface area contributed by atoms with Crippen molar-refractivity contribution in [3.8, 4) is 0 Å². The third-order valence-corrected chi connectivity index (χ3v) is 7.57. The number of aromatic nitrogens is 2. The zero-order valence-electron chi connectivity index (χ0n) is 21.0. The molecular weight excluding hydrogens is 537 g/mol. The van der Waals surface area contributed by atoms with Crippen molar-refractivity contribution in [3.63, 3.8) is 0 Å². The highest BCUT2D eigenvalue weighted by Crippen LogP contribution is 2.25. The van der Waals surface area contributed by atoms with Crippen LogP contribution in [0.15, 0.2) is 24.3 Å². The fourth-order valence-electron chi connectivity index (χ4n) is 4.53. The van der Waals surface area contributed by atoms with E-state index in [-0.39, 0.29) is 49.6 Å². The molecule has 1 aromatic carbocycles. The molecule has 0 aliphatic carbocycles. The first kappa shape index (κ1) is 27.9. The molecule has 204 valence electrons. The molecule has 38 heavy (non-hydrogen) atoms. The van der Waals surface area contributed by atoms with Crippen molar-refractivity contribution in [2.24, 2.45) is 0 Å². The van der Waals surface area contributed by atoms with Crippen molar-refractivity contribution in [3.05, 3.63) is 51.4 Å². The second kappa shape index (κ2) is 11.7. The van der Waals surface area contributed by atoms with Gasteiger partial charge in [-0.1, -0.05) is 0 Å². The highest BCUT2D eigenvalue weighted by molar-refractivity contribution is 7.13. The van der Waals surface area contributed by atoms with E-state index in [1.54, 1.807) is 22.0 Å². The summed E-state index contributed by atoms with van der Waals surface area (Å²) in [4.78, 5) is 51.1. The number of hydrogen-bond donors (Lipinski definition) is 3. The maximum absolute atomic E-state index is 13.6. The highest BCUT2D eigenvalue weighted by Gasteiger charge is 2.33. The van der Waals surface area contributed by atoms with E-state index in [9.17, 15) is 18.8 Å². The van der Waals surface area contributed by atoms with E-state index in [4.69, 9.17) is 4.74 Å². The lowest BCUT2D eigenvalue weighted by molar-refractivity contribution is -0.139. The summed E-state index contributed by atoms with van der Waals surface area (Å²) in [6, 6.07) is 5.79. The number of amides is 3. The lowest BCUT2D eigenvalue weighted by Gasteiger charge is -2.41. The molecule has 2 aliphatic heterocycles. The average Bonchev–Trinajstić information content (AvgIpc) is 3.49. The Morgan fingerprint density at radius 2 is 2.03 bits per heavy atom. The number of aromatic amines is 1. The van der Waals surface area contributed by atoms with E-state index >= 15 is 0 Å². The van der Waals surface area contributed by atoms with Crippen LogP contribution in [0.5, 0.6) is 0 Å². The zero-order chi connectivity index (χ0) is 26.1. The number of rotatable bonds is 6. The Hall–Kier alpha value is -3.10. The monoisotopic (exact) mass is 565 g/mol. The maximum Gasteiger partial charge on any atom is 0.282 e. The summed E-state index contributed by atoms with van der Waals surface area (Å²) in [6.07, 6.45) is 0.0889. The van der Waals surface area contributed by atoms with Crippen LogP contribution in [0, 0.1) is 5.82 Å². The summed E-state index contributed by atoms with van der Waals surface area (Å²) in [5.74, 6) is -1.42. The van der Waals surface area contributed by atoms with Gasteiger partial charge in [0.1, 0.15) is 24.3 Å². The second-order valence-corrected chi connectivity index (χ2v) is 10.3. The molecule has 14 heteroatoms. The number of carbonyl (C=O) groups is 3. The molecule has 11 nitrogen and oxygen atoms in total. The van der Waals surface area contributed by atoms with Crippen LogP contribution >= 0.6 is 23.7 Å². The number of H-pyrrole nitrogens is 1. The predicted molar refractivity (Wildman–Crippen MR) is 142 cm³/mol. The van der Waals surface area contributed by atoms with Crippen LogP contribution in [0.25, 0.3) is 10.9 Å². The molecule has 2 aliphatic rings. The zero-order valence-corrected chi connectivity index (χ0v) is 22.6. The number of piperazine rings is 1. The number of ether oxygens (including phenoxy) is 1. The largest absolute Gasteiger partial charge is 0.375 e. The van der Waals surface area contributed by atoms with Gasteiger partial charge in [-0.25, -0.2) is 9.37 Å². The molecule has 0 saturated carbocycles. The van der Waals surface area contributed by atoms with Gasteiger partial charge in [-0.3, -0.25) is 19.8 Å². The number of likely N-dealkylation sites (N-methyl/N-ethyl adjacent to an activating group) is 1. The minimum Gasteiger partial charge on any atom is -0.375 e. The Morgan fingerprint density at radius 3 is 2.82 bits per heavy atom. The van der Waals surface area contributed by atoms with Crippen molar-refractivity contribution >= 4 is 52.4 Å². The molecule has 1 fully saturated rings. The van der Waals surface area contributed by atoms with Crippen molar-refractivity contribution in [2.75, 3.05) is 46.9 Å². The summed E-state index contributed by atoms with van der Waals surface area (Å²) in [5, 5.41) is 5.46. The van der Waals surface area contributed by atoms with Gasteiger partial charge in [-0.05, 0) is 31.3 Å². The van der Waals surface area contributed by atoms with Gasteiger partial charge in [0.05, 0.1) is 12.2 Å². The lowest BCUT2D eigenvalue weighted by atomic mass is 10.2. The quantitative estimate of drug-likeness (QED) is 0.412. The van der Waals surface area contributed by atoms with Gasteiger partial charge in [-0.2, -0.15) is 5.01 Å². The van der Waals surface area contributed by atoms with Gasteiger partial charge in [0.2, 0.25) is 5.91 Å². The van der Waals surface area contributed by atoms with E-state index in [2.05, 4.69) is 25.6 Å². The molecule has 3 amide bonds. The van der Waals surface area contributed by atoms with Crippen molar-refractivity contribution in [1.29, 1.82) is 0 Å². The first-order valence-electron chi connectivity index (χ1n) is 11.9. The van der Waals surface area contributed by atoms with Crippen LogP contribution in [0.3, 0.4) is 0 Å². The Labute approximate surface area is 228 Å². The molecule has 4 heterocycles. The molecule has 1 saturated heterocycles. The third kappa shape index (κ3) is 5.97. The molecule has 1 atom stereocenters. The number of methoxy groups -OCH3 is 1. The molecule has 1 unspecified atom stereocenters. The normalized spacial score (nSPS) is 18.1. The van der Waals surface area contributed by atoms with Crippen LogP contribution in [-0.2, 0) is 22.5 Å². The van der Waals surface area contributed by atoms with E-state index in [1.807, 2.05) is 7.05 Å². The minimum absolute atomic E-state index is 0. The summed E-state index contributed by atoms with van der Waals surface area (Å²) in [7, 11) is 3.47. The number of nitrogens with zero attached hydrogens (tertiary/aromatic N) is 4. The number of halogens is 2. The summed E-state index contributed by atoms with van der Waals surface area (Å²) in [6.45, 7) is 2.33. The van der Waals surface area contributed by atoms with E-state index in [0.717, 1.165) is 30.1 Å². The van der Waals surface area contributed by atoms with Gasteiger partial charge >= 0.3 is 0 Å². The second-order valence-electron chi connectivity index (χ2n) is 9.19. The van der Waals surface area contributed by atoms with Crippen molar-refractivity contribution < 1.29 is 23.5 Å². The number of hydrazine groups is 1. The third-order valence-electron chi connectivity index (χ3n) is 6.49. The van der Waals surface area contributed by atoms with E-state index < -0.39 is 17.9 Å². The summed E-state index contributed by atoms with van der Waals surface area (Å²) < 4.78 is 18.6. The SMILES string of the molecule is COCC(=O)N1CCN(NC(=O)c2cc3cc(F)ccc3[nH]2)C(NC(=O)c2nc3c(s2)CN(C)CC3)C1.Cl. The first-order valence-corrected chi connectivity index (χ1v) is 12.7. The number of fused-ring (bicyclic) bond motifs is 2. The van der Waals surface area contributed by atoms with Crippen LogP contribution in [0.1, 0.15) is 30.9 Å². The predicted octanol–water partition coefficient (Wildman–Crippen LogP) is 1.36. The van der Waals surface area contributed by atoms with Crippen LogP contribution < -0.4 is 10.7 Å². The Balaban J connectivity index is 0.00000336. The Bertz CT molecular complexity index is 1350. The van der Waals surface area contributed by atoms with Gasteiger partial charge in [0.15, 0.2) is 5.01 Å². The summed E-state index contributed by atoms with van der Waals surface area (Å²) in [5.41, 5.74) is 4.64. The van der Waals surface area contributed by atoms with Crippen molar-refractivity contribution in [2.45, 2.75) is 19.1 Å².